The van der Waals surface area contributed by atoms with Crippen LogP contribution in [0.5, 0.6) is 5.75 Å². The zero-order valence-electron chi connectivity index (χ0n) is 15.9. The van der Waals surface area contributed by atoms with Crippen molar-refractivity contribution < 1.29 is 13.9 Å². The van der Waals surface area contributed by atoms with Gasteiger partial charge in [-0.05, 0) is 48.5 Å². The van der Waals surface area contributed by atoms with Crippen LogP contribution in [0.25, 0.3) is 0 Å². The Labute approximate surface area is 172 Å². The molecule has 150 valence electrons. The van der Waals surface area contributed by atoms with E-state index in [0.29, 0.717) is 36.0 Å². The largest absolute Gasteiger partial charge is 0.487 e. The Balaban J connectivity index is 1.45. The topological polar surface area (TPSA) is 59.4 Å². The first-order valence-electron chi connectivity index (χ1n) is 9.23. The third-order valence-electron chi connectivity index (χ3n) is 4.90. The number of rotatable bonds is 4. The van der Waals surface area contributed by atoms with Gasteiger partial charge in [0.1, 0.15) is 23.9 Å². The maximum Gasteiger partial charge on any atom is 0.322 e. The van der Waals surface area contributed by atoms with E-state index in [2.05, 4.69) is 10.4 Å². The van der Waals surface area contributed by atoms with Gasteiger partial charge in [0.2, 0.25) is 0 Å². The molecule has 0 unspecified atom stereocenters. The fourth-order valence-electron chi connectivity index (χ4n) is 3.38. The Morgan fingerprint density at radius 2 is 1.93 bits per heavy atom. The molecule has 8 heteroatoms. The maximum absolute atomic E-state index is 13.1. The number of aryl methyl sites for hydroxylation is 1. The molecule has 6 nitrogen and oxygen atoms in total. The zero-order chi connectivity index (χ0) is 20.4. The Hall–Kier alpha value is -3.06. The van der Waals surface area contributed by atoms with Crippen molar-refractivity contribution in [1.82, 2.24) is 14.7 Å². The van der Waals surface area contributed by atoms with Gasteiger partial charge in [0, 0.05) is 42.0 Å². The van der Waals surface area contributed by atoms with Gasteiger partial charge in [0.05, 0.1) is 6.54 Å². The summed E-state index contributed by atoms with van der Waals surface area (Å²) in [5.74, 6) is 0.258. The minimum atomic E-state index is -0.310. The second-order valence-corrected chi connectivity index (χ2v) is 7.28. The van der Waals surface area contributed by atoms with E-state index in [9.17, 15) is 9.18 Å². The van der Waals surface area contributed by atoms with Crippen molar-refractivity contribution in [2.75, 3.05) is 11.9 Å². The number of aromatic nitrogens is 2. The van der Waals surface area contributed by atoms with Gasteiger partial charge in [-0.1, -0.05) is 11.6 Å². The van der Waals surface area contributed by atoms with Gasteiger partial charge in [-0.25, -0.2) is 9.18 Å². The van der Waals surface area contributed by atoms with Crippen molar-refractivity contribution >= 4 is 23.3 Å². The van der Waals surface area contributed by atoms with E-state index < -0.39 is 0 Å². The van der Waals surface area contributed by atoms with E-state index in [1.54, 1.807) is 41.3 Å². The SMILES string of the molecule is Cn1nc(COc2ccc(F)cc2)c2c1CCN(C(=O)Nc1ccc(Cl)cc1)C2. The van der Waals surface area contributed by atoms with Crippen LogP contribution in [0.4, 0.5) is 14.9 Å². The third-order valence-corrected chi connectivity index (χ3v) is 5.15. The van der Waals surface area contributed by atoms with Crippen molar-refractivity contribution in [2.24, 2.45) is 7.05 Å². The summed E-state index contributed by atoms with van der Waals surface area (Å²) in [6.45, 7) is 1.30. The molecule has 0 bridgehead atoms. The Morgan fingerprint density at radius 1 is 1.21 bits per heavy atom. The number of benzene rings is 2. The van der Waals surface area contributed by atoms with Gasteiger partial charge in [-0.2, -0.15) is 5.10 Å². The summed E-state index contributed by atoms with van der Waals surface area (Å²) in [4.78, 5) is 14.4. The highest BCUT2D eigenvalue weighted by Gasteiger charge is 2.27. The van der Waals surface area contributed by atoms with Crippen LogP contribution in [-0.2, 0) is 26.6 Å². The van der Waals surface area contributed by atoms with Crippen molar-refractivity contribution in [3.63, 3.8) is 0 Å². The second kappa shape index (κ2) is 8.13. The molecule has 0 radical (unpaired) electrons. The smallest absolute Gasteiger partial charge is 0.322 e. The predicted octanol–water partition coefficient (Wildman–Crippen LogP) is 4.38. The van der Waals surface area contributed by atoms with Crippen LogP contribution in [-0.4, -0.2) is 27.3 Å². The highest BCUT2D eigenvalue weighted by Crippen LogP contribution is 2.24. The average Bonchev–Trinajstić information content (AvgIpc) is 3.04. The number of nitrogens with zero attached hydrogens (tertiary/aromatic N) is 3. The van der Waals surface area contributed by atoms with E-state index in [-0.39, 0.29) is 18.5 Å². The molecule has 0 saturated heterocycles. The molecule has 0 spiro atoms. The number of carbonyl (C=O) groups excluding carboxylic acids is 1. The van der Waals surface area contributed by atoms with Crippen molar-refractivity contribution in [2.45, 2.75) is 19.6 Å². The van der Waals surface area contributed by atoms with Crippen LogP contribution in [0.3, 0.4) is 0 Å². The van der Waals surface area contributed by atoms with Gasteiger partial charge in [0.25, 0.3) is 0 Å². The minimum absolute atomic E-state index is 0.174. The van der Waals surface area contributed by atoms with Crippen molar-refractivity contribution in [3.05, 3.63) is 76.3 Å². The average molecular weight is 415 g/mol. The number of urea groups is 1. The first kappa shape index (κ1) is 19.3. The minimum Gasteiger partial charge on any atom is -0.487 e. The number of amides is 2. The molecule has 2 aromatic carbocycles. The van der Waals surface area contributed by atoms with E-state index in [1.807, 2.05) is 11.7 Å². The summed E-state index contributed by atoms with van der Waals surface area (Å²) in [5, 5.41) is 8.07. The third kappa shape index (κ3) is 4.35. The molecule has 1 N–H and O–H groups in total. The van der Waals surface area contributed by atoms with Gasteiger partial charge in [-0.15, -0.1) is 0 Å². The fraction of sp³-hybridized carbons (Fsp3) is 0.238. The van der Waals surface area contributed by atoms with Gasteiger partial charge < -0.3 is 15.0 Å². The van der Waals surface area contributed by atoms with Crippen molar-refractivity contribution in [3.8, 4) is 5.75 Å². The molecule has 29 heavy (non-hydrogen) atoms. The highest BCUT2D eigenvalue weighted by molar-refractivity contribution is 6.30. The Morgan fingerprint density at radius 3 is 2.66 bits per heavy atom. The van der Waals surface area contributed by atoms with Gasteiger partial charge in [0.15, 0.2) is 0 Å². The van der Waals surface area contributed by atoms with Crippen LogP contribution in [0, 0.1) is 5.82 Å². The number of ether oxygens (including phenoxy) is 1. The summed E-state index contributed by atoms with van der Waals surface area (Å²) in [7, 11) is 1.89. The quantitative estimate of drug-likeness (QED) is 0.689. The van der Waals surface area contributed by atoms with Crippen LogP contribution in [0.1, 0.15) is 17.0 Å². The Bertz CT molecular complexity index is 1020. The normalized spacial score (nSPS) is 13.1. The van der Waals surface area contributed by atoms with Crippen LogP contribution < -0.4 is 10.1 Å². The number of hydrogen-bond donors (Lipinski definition) is 1. The first-order chi connectivity index (χ1) is 14.0. The number of nitrogens with one attached hydrogen (secondary N) is 1. The summed E-state index contributed by atoms with van der Waals surface area (Å²) < 4.78 is 20.6. The zero-order valence-corrected chi connectivity index (χ0v) is 16.6. The molecule has 1 aliphatic heterocycles. The summed E-state index contributed by atoms with van der Waals surface area (Å²) >= 11 is 5.89. The molecule has 3 aromatic rings. The number of fused-ring (bicyclic) bond motifs is 1. The van der Waals surface area contributed by atoms with Gasteiger partial charge in [-0.3, -0.25) is 4.68 Å². The molecule has 1 aliphatic rings. The van der Waals surface area contributed by atoms with Crippen LogP contribution in [0.2, 0.25) is 5.02 Å². The first-order valence-corrected chi connectivity index (χ1v) is 9.61. The summed E-state index contributed by atoms with van der Waals surface area (Å²) in [6.07, 6.45) is 0.712. The monoisotopic (exact) mass is 414 g/mol. The molecule has 0 aliphatic carbocycles. The molecule has 1 aromatic heterocycles. The standard InChI is InChI=1S/C21H20ClFN4O2/c1-26-20-10-11-27(21(28)24-16-6-2-14(22)3-7-16)12-18(20)19(25-26)13-29-17-8-4-15(23)5-9-17/h2-9H,10-13H2,1H3,(H,24,28). The lowest BCUT2D eigenvalue weighted by atomic mass is 10.1. The molecule has 2 amide bonds. The highest BCUT2D eigenvalue weighted by atomic mass is 35.5. The van der Waals surface area contributed by atoms with Crippen LogP contribution >= 0.6 is 11.6 Å². The van der Waals surface area contributed by atoms with E-state index in [1.165, 1.54) is 12.1 Å². The van der Waals surface area contributed by atoms with E-state index in [4.69, 9.17) is 16.3 Å². The molecule has 4 rings (SSSR count). The predicted molar refractivity (Wildman–Crippen MR) is 109 cm³/mol. The number of hydrogen-bond acceptors (Lipinski definition) is 3. The lowest BCUT2D eigenvalue weighted by Crippen LogP contribution is -2.39. The van der Waals surface area contributed by atoms with Gasteiger partial charge >= 0.3 is 6.03 Å². The molecule has 2 heterocycles. The second-order valence-electron chi connectivity index (χ2n) is 6.85. The lowest BCUT2D eigenvalue weighted by Gasteiger charge is -2.28. The lowest BCUT2D eigenvalue weighted by molar-refractivity contribution is 0.205. The maximum atomic E-state index is 13.1. The summed E-state index contributed by atoms with van der Waals surface area (Å²) in [5.41, 5.74) is 3.55. The number of halogens is 2. The molecule has 0 atom stereocenters. The fourth-order valence-corrected chi connectivity index (χ4v) is 3.50. The number of anilines is 1. The molecule has 0 fully saturated rings. The van der Waals surface area contributed by atoms with Crippen LogP contribution in [0.15, 0.2) is 48.5 Å². The molecular formula is C21H20ClFN4O2. The molecule has 0 saturated carbocycles. The molecular weight excluding hydrogens is 395 g/mol. The van der Waals surface area contributed by atoms with E-state index in [0.717, 1.165) is 17.0 Å². The van der Waals surface area contributed by atoms with E-state index >= 15 is 0 Å². The Kier molecular flexibility index (Phi) is 5.40. The van der Waals surface area contributed by atoms with Crippen molar-refractivity contribution in [1.29, 1.82) is 0 Å². The summed E-state index contributed by atoms with van der Waals surface area (Å²) in [6, 6.07) is 12.7. The number of carbonyl (C=O) groups is 1.